The number of rotatable bonds is 2. The van der Waals surface area contributed by atoms with E-state index >= 15 is 0 Å². The van der Waals surface area contributed by atoms with Crippen LogP contribution in [-0.2, 0) is 20.7 Å². The van der Waals surface area contributed by atoms with E-state index in [0.717, 1.165) is 35.3 Å². The van der Waals surface area contributed by atoms with Crippen LogP contribution in [0, 0.1) is 20.8 Å². The molecule has 1 aliphatic heterocycles. The largest absolute Gasteiger partial charge is 0.487 e. The molecule has 1 aromatic carbocycles. The van der Waals surface area contributed by atoms with Gasteiger partial charge in [0, 0.05) is 0 Å². The number of ether oxygens (including phenoxy) is 1. The molecule has 112 valence electrons. The summed E-state index contributed by atoms with van der Waals surface area (Å²) in [7, 11) is -2.50. The Hall–Kier alpha value is -1.07. The van der Waals surface area contributed by atoms with E-state index in [4.69, 9.17) is 8.92 Å². The molecule has 0 amide bonds. The van der Waals surface area contributed by atoms with Crippen LogP contribution in [0.4, 0.5) is 0 Å². The van der Waals surface area contributed by atoms with E-state index < -0.39 is 10.1 Å². The van der Waals surface area contributed by atoms with Crippen LogP contribution in [0.25, 0.3) is 0 Å². The van der Waals surface area contributed by atoms with Crippen LogP contribution < -0.4 is 4.74 Å². The van der Waals surface area contributed by atoms with Crippen LogP contribution in [0.15, 0.2) is 4.90 Å². The molecule has 5 heteroatoms. The second-order valence-electron chi connectivity index (χ2n) is 5.99. The molecule has 20 heavy (non-hydrogen) atoms. The second-order valence-corrected chi connectivity index (χ2v) is 7.64. The van der Waals surface area contributed by atoms with E-state index in [1.165, 1.54) is 7.11 Å². The molecule has 0 saturated heterocycles. The summed E-state index contributed by atoms with van der Waals surface area (Å²) in [5.41, 5.74) is 3.12. The maximum atomic E-state index is 12.1. The Morgan fingerprint density at radius 1 is 1.10 bits per heavy atom. The second kappa shape index (κ2) is 4.74. The molecular formula is C15H22O4S. The van der Waals surface area contributed by atoms with Gasteiger partial charge in [0.2, 0.25) is 0 Å². The fourth-order valence-electron chi connectivity index (χ4n) is 2.81. The lowest BCUT2D eigenvalue weighted by Crippen LogP contribution is -2.34. The molecule has 1 heterocycles. The summed E-state index contributed by atoms with van der Waals surface area (Å²) >= 11 is 0. The summed E-state index contributed by atoms with van der Waals surface area (Å²) in [5.74, 6) is 0.839. The standard InChI is InChI=1S/C15H22O4S/c1-9-10(2)14(20(16,17)18-6)11(3)12-7-8-15(4,5)19-13(9)12/h7-8H2,1-6H3. The maximum Gasteiger partial charge on any atom is 0.297 e. The Kier molecular flexibility index (Phi) is 3.63. The number of fused-ring (bicyclic) bond motifs is 1. The maximum absolute atomic E-state index is 12.1. The highest BCUT2D eigenvalue weighted by Gasteiger charge is 2.33. The topological polar surface area (TPSA) is 52.6 Å². The predicted molar refractivity (Wildman–Crippen MR) is 77.9 cm³/mol. The number of hydrogen-bond donors (Lipinski definition) is 0. The van der Waals surface area contributed by atoms with Crippen molar-refractivity contribution in [2.75, 3.05) is 7.11 Å². The van der Waals surface area contributed by atoms with E-state index in [9.17, 15) is 8.42 Å². The number of benzene rings is 1. The van der Waals surface area contributed by atoms with Gasteiger partial charge >= 0.3 is 0 Å². The van der Waals surface area contributed by atoms with Crippen LogP contribution >= 0.6 is 0 Å². The van der Waals surface area contributed by atoms with Gasteiger partial charge in [-0.2, -0.15) is 8.42 Å². The quantitative estimate of drug-likeness (QED) is 0.787. The third-order valence-corrected chi connectivity index (χ3v) is 5.69. The molecule has 0 fully saturated rings. The third-order valence-electron chi connectivity index (χ3n) is 4.14. The Morgan fingerprint density at radius 3 is 2.25 bits per heavy atom. The molecule has 0 spiro atoms. The van der Waals surface area contributed by atoms with Crippen LogP contribution in [0.1, 0.15) is 42.5 Å². The van der Waals surface area contributed by atoms with Crippen molar-refractivity contribution in [3.05, 3.63) is 22.3 Å². The van der Waals surface area contributed by atoms with Gasteiger partial charge in [-0.05, 0) is 69.7 Å². The van der Waals surface area contributed by atoms with Gasteiger partial charge in [-0.1, -0.05) is 0 Å². The van der Waals surface area contributed by atoms with Crippen molar-refractivity contribution in [1.82, 2.24) is 0 Å². The first-order chi connectivity index (χ1) is 9.10. The molecule has 0 aromatic heterocycles. The van der Waals surface area contributed by atoms with Gasteiger partial charge in [0.15, 0.2) is 0 Å². The molecule has 4 nitrogen and oxygen atoms in total. The summed E-state index contributed by atoms with van der Waals surface area (Å²) in [6, 6.07) is 0. The Labute approximate surface area is 121 Å². The predicted octanol–water partition coefficient (Wildman–Crippen LogP) is 3.05. The van der Waals surface area contributed by atoms with Crippen LogP contribution in [0.2, 0.25) is 0 Å². The van der Waals surface area contributed by atoms with Crippen molar-refractivity contribution in [2.45, 2.75) is 58.0 Å². The molecular weight excluding hydrogens is 276 g/mol. The van der Waals surface area contributed by atoms with Gasteiger partial charge in [-0.3, -0.25) is 4.18 Å². The average Bonchev–Trinajstić information content (AvgIpc) is 2.35. The molecule has 0 aliphatic carbocycles. The summed E-state index contributed by atoms with van der Waals surface area (Å²) in [5, 5.41) is 0. The van der Waals surface area contributed by atoms with Gasteiger partial charge < -0.3 is 4.74 Å². The van der Waals surface area contributed by atoms with E-state index in [1.54, 1.807) is 6.92 Å². The summed E-state index contributed by atoms with van der Waals surface area (Å²) in [6.45, 7) is 9.65. The molecule has 0 atom stereocenters. The van der Waals surface area contributed by atoms with Gasteiger partial charge in [-0.15, -0.1) is 0 Å². The Balaban J connectivity index is 2.77. The zero-order valence-electron chi connectivity index (χ0n) is 13.0. The van der Waals surface area contributed by atoms with E-state index in [2.05, 4.69) is 13.8 Å². The molecule has 0 N–H and O–H groups in total. The SMILES string of the molecule is COS(=O)(=O)c1c(C)c(C)c2c(c1C)CCC(C)(C)O2. The van der Waals surface area contributed by atoms with Crippen molar-refractivity contribution in [3.8, 4) is 5.75 Å². The lowest BCUT2D eigenvalue weighted by atomic mass is 9.88. The van der Waals surface area contributed by atoms with Crippen molar-refractivity contribution < 1.29 is 17.3 Å². The summed E-state index contributed by atoms with van der Waals surface area (Å²) < 4.78 is 35.1. The highest BCUT2D eigenvalue weighted by Crippen LogP contribution is 2.42. The molecule has 0 unspecified atom stereocenters. The first-order valence-corrected chi connectivity index (χ1v) is 8.14. The smallest absolute Gasteiger partial charge is 0.297 e. The monoisotopic (exact) mass is 298 g/mol. The first kappa shape index (κ1) is 15.3. The van der Waals surface area contributed by atoms with Crippen molar-refractivity contribution >= 4 is 10.1 Å². The van der Waals surface area contributed by atoms with E-state index in [-0.39, 0.29) is 5.60 Å². The van der Waals surface area contributed by atoms with Crippen LogP contribution in [0.5, 0.6) is 5.75 Å². The molecule has 1 aliphatic rings. The van der Waals surface area contributed by atoms with Crippen molar-refractivity contribution in [2.24, 2.45) is 0 Å². The molecule has 2 rings (SSSR count). The molecule has 1 aromatic rings. The molecule has 0 saturated carbocycles. The highest BCUT2D eigenvalue weighted by atomic mass is 32.2. The lowest BCUT2D eigenvalue weighted by Gasteiger charge is -2.35. The highest BCUT2D eigenvalue weighted by molar-refractivity contribution is 7.86. The summed E-state index contributed by atoms with van der Waals surface area (Å²) in [4.78, 5) is 0.291. The van der Waals surface area contributed by atoms with Gasteiger partial charge in [0.25, 0.3) is 10.1 Å². The van der Waals surface area contributed by atoms with E-state index in [0.29, 0.717) is 10.5 Å². The molecule has 0 radical (unpaired) electrons. The zero-order chi connectivity index (χ0) is 15.3. The fraction of sp³-hybridized carbons (Fsp3) is 0.600. The minimum absolute atomic E-state index is 0.210. The first-order valence-electron chi connectivity index (χ1n) is 6.73. The minimum atomic E-state index is -3.70. The summed E-state index contributed by atoms with van der Waals surface area (Å²) in [6.07, 6.45) is 1.69. The average molecular weight is 298 g/mol. The van der Waals surface area contributed by atoms with Crippen molar-refractivity contribution in [1.29, 1.82) is 0 Å². The zero-order valence-corrected chi connectivity index (χ0v) is 13.8. The normalized spacial score (nSPS) is 17.5. The molecule has 0 bridgehead atoms. The van der Waals surface area contributed by atoms with Gasteiger partial charge in [-0.25, -0.2) is 0 Å². The van der Waals surface area contributed by atoms with Crippen molar-refractivity contribution in [3.63, 3.8) is 0 Å². The fourth-order valence-corrected chi connectivity index (χ4v) is 4.00. The lowest BCUT2D eigenvalue weighted by molar-refractivity contribution is 0.0831. The van der Waals surface area contributed by atoms with Gasteiger partial charge in [0.05, 0.1) is 7.11 Å². The van der Waals surface area contributed by atoms with Crippen LogP contribution in [-0.4, -0.2) is 21.1 Å². The van der Waals surface area contributed by atoms with Gasteiger partial charge in [0.1, 0.15) is 16.2 Å². The van der Waals surface area contributed by atoms with E-state index in [1.807, 2.05) is 13.8 Å². The minimum Gasteiger partial charge on any atom is -0.487 e. The third kappa shape index (κ3) is 2.33. The number of hydrogen-bond acceptors (Lipinski definition) is 4. The Bertz CT molecular complexity index is 657. The Morgan fingerprint density at radius 2 is 1.70 bits per heavy atom. The van der Waals surface area contributed by atoms with Crippen LogP contribution in [0.3, 0.4) is 0 Å².